The molecular formula is C14H20F2N2O. The second-order valence-corrected chi connectivity index (χ2v) is 4.87. The largest absolute Gasteiger partial charge is 0.337 e. The number of nitrogens with two attached hydrogens (primary N) is 1. The van der Waals surface area contributed by atoms with Crippen LogP contribution in [0.25, 0.3) is 0 Å². The summed E-state index contributed by atoms with van der Waals surface area (Å²) in [4.78, 5) is 13.6. The number of amides is 1. The van der Waals surface area contributed by atoms with Gasteiger partial charge in [-0.15, -0.1) is 0 Å². The summed E-state index contributed by atoms with van der Waals surface area (Å²) in [5, 5.41) is 0. The predicted molar refractivity (Wildman–Crippen MR) is 70.3 cm³/mol. The maximum absolute atomic E-state index is 13.1. The molecule has 0 radical (unpaired) electrons. The lowest BCUT2D eigenvalue weighted by atomic mass is 10.0. The molecule has 0 saturated carbocycles. The average Bonchev–Trinajstić information content (AvgIpc) is 2.38. The maximum Gasteiger partial charge on any atom is 0.240 e. The summed E-state index contributed by atoms with van der Waals surface area (Å²) in [5.74, 6) is -1.94. The fraction of sp³-hybridized carbons (Fsp3) is 0.500. The molecule has 3 nitrogen and oxygen atoms in total. The van der Waals surface area contributed by atoms with Gasteiger partial charge in [-0.25, -0.2) is 8.78 Å². The second-order valence-electron chi connectivity index (χ2n) is 4.87. The Morgan fingerprint density at radius 3 is 2.42 bits per heavy atom. The van der Waals surface area contributed by atoms with E-state index in [1.165, 1.54) is 11.0 Å². The number of hydrogen-bond donors (Lipinski definition) is 1. The summed E-state index contributed by atoms with van der Waals surface area (Å²) in [7, 11) is 0. The molecule has 0 saturated heterocycles. The highest BCUT2D eigenvalue weighted by Crippen LogP contribution is 2.12. The van der Waals surface area contributed by atoms with Crippen molar-refractivity contribution in [1.82, 2.24) is 4.90 Å². The monoisotopic (exact) mass is 270 g/mol. The highest BCUT2D eigenvalue weighted by Gasteiger charge is 2.22. The minimum absolute atomic E-state index is 0.0338. The van der Waals surface area contributed by atoms with Gasteiger partial charge >= 0.3 is 0 Å². The molecule has 1 aromatic rings. The lowest BCUT2D eigenvalue weighted by Crippen LogP contribution is -2.46. The summed E-state index contributed by atoms with van der Waals surface area (Å²) >= 11 is 0. The molecule has 2 N–H and O–H groups in total. The van der Waals surface area contributed by atoms with Crippen molar-refractivity contribution in [2.24, 2.45) is 11.7 Å². The van der Waals surface area contributed by atoms with Crippen LogP contribution in [-0.2, 0) is 11.3 Å². The number of rotatable bonds is 5. The van der Waals surface area contributed by atoms with Crippen LogP contribution >= 0.6 is 0 Å². The molecule has 5 heteroatoms. The topological polar surface area (TPSA) is 46.3 Å². The van der Waals surface area contributed by atoms with E-state index >= 15 is 0 Å². The Kier molecular flexibility index (Phi) is 5.42. The SMILES string of the molecule is CCN(Cc1ccc(F)c(F)c1)C(=O)[C@H](N)C(C)C. The molecule has 19 heavy (non-hydrogen) atoms. The minimum Gasteiger partial charge on any atom is -0.337 e. The average molecular weight is 270 g/mol. The normalized spacial score (nSPS) is 12.6. The zero-order chi connectivity index (χ0) is 14.6. The number of likely N-dealkylation sites (N-methyl/N-ethyl adjacent to an activating group) is 1. The van der Waals surface area contributed by atoms with Crippen molar-refractivity contribution in [3.05, 3.63) is 35.4 Å². The Labute approximate surface area is 112 Å². The van der Waals surface area contributed by atoms with Crippen molar-refractivity contribution >= 4 is 5.91 Å². The molecule has 1 atom stereocenters. The van der Waals surface area contributed by atoms with Crippen molar-refractivity contribution in [2.75, 3.05) is 6.54 Å². The molecule has 0 aliphatic rings. The van der Waals surface area contributed by atoms with Crippen molar-refractivity contribution in [1.29, 1.82) is 0 Å². The Balaban J connectivity index is 2.81. The molecule has 1 amide bonds. The van der Waals surface area contributed by atoms with Crippen LogP contribution in [0.5, 0.6) is 0 Å². The standard InChI is InChI=1S/C14H20F2N2O/c1-4-18(14(19)13(17)9(2)3)8-10-5-6-11(15)12(16)7-10/h5-7,9,13H,4,8,17H2,1-3H3/t13-/m1/s1. The molecule has 0 bridgehead atoms. The molecule has 0 heterocycles. The number of benzene rings is 1. The van der Waals surface area contributed by atoms with Crippen molar-refractivity contribution in [3.63, 3.8) is 0 Å². The van der Waals surface area contributed by atoms with Crippen molar-refractivity contribution < 1.29 is 13.6 Å². The lowest BCUT2D eigenvalue weighted by molar-refractivity contribution is -0.134. The van der Waals surface area contributed by atoms with Gasteiger partial charge in [-0.3, -0.25) is 4.79 Å². The van der Waals surface area contributed by atoms with E-state index in [4.69, 9.17) is 5.73 Å². The first kappa shape index (κ1) is 15.6. The van der Waals surface area contributed by atoms with Gasteiger partial charge in [0.15, 0.2) is 11.6 Å². The molecule has 1 rings (SSSR count). The fourth-order valence-corrected chi connectivity index (χ4v) is 1.70. The van der Waals surface area contributed by atoms with Crippen molar-refractivity contribution in [2.45, 2.75) is 33.4 Å². The number of carbonyl (C=O) groups excluding carboxylic acids is 1. The summed E-state index contributed by atoms with van der Waals surface area (Å²) < 4.78 is 26.0. The van der Waals surface area contributed by atoms with Crippen LogP contribution in [0.1, 0.15) is 26.3 Å². The molecule has 1 aromatic carbocycles. The Bertz CT molecular complexity index is 449. The van der Waals surface area contributed by atoms with E-state index in [1.54, 1.807) is 0 Å². The highest BCUT2D eigenvalue weighted by molar-refractivity contribution is 5.81. The molecule has 0 fully saturated rings. The van der Waals surface area contributed by atoms with Gasteiger partial charge in [-0.05, 0) is 30.5 Å². The van der Waals surface area contributed by atoms with Crippen LogP contribution in [0, 0.1) is 17.6 Å². The summed E-state index contributed by atoms with van der Waals surface area (Å²) in [5.41, 5.74) is 6.37. The maximum atomic E-state index is 13.1. The molecule has 0 unspecified atom stereocenters. The molecule has 106 valence electrons. The first-order chi connectivity index (χ1) is 8.86. The zero-order valence-corrected chi connectivity index (χ0v) is 11.5. The zero-order valence-electron chi connectivity index (χ0n) is 11.5. The number of halogens is 2. The molecule has 0 aromatic heterocycles. The van der Waals surface area contributed by atoms with Gasteiger partial charge in [-0.1, -0.05) is 19.9 Å². The van der Waals surface area contributed by atoms with E-state index in [9.17, 15) is 13.6 Å². The Morgan fingerprint density at radius 1 is 1.32 bits per heavy atom. The third-order valence-corrected chi connectivity index (χ3v) is 3.05. The quantitative estimate of drug-likeness (QED) is 0.892. The van der Waals surface area contributed by atoms with Crippen LogP contribution in [-0.4, -0.2) is 23.4 Å². The van der Waals surface area contributed by atoms with E-state index in [1.807, 2.05) is 20.8 Å². The van der Waals surface area contributed by atoms with E-state index in [0.717, 1.165) is 12.1 Å². The Hall–Kier alpha value is -1.49. The molecular weight excluding hydrogens is 250 g/mol. The smallest absolute Gasteiger partial charge is 0.240 e. The third kappa shape index (κ3) is 3.99. The first-order valence-corrected chi connectivity index (χ1v) is 6.35. The first-order valence-electron chi connectivity index (χ1n) is 6.35. The molecule has 0 spiro atoms. The summed E-state index contributed by atoms with van der Waals surface area (Å²) in [6.07, 6.45) is 0. The third-order valence-electron chi connectivity index (χ3n) is 3.05. The van der Waals surface area contributed by atoms with Gasteiger partial charge in [0.2, 0.25) is 5.91 Å². The minimum atomic E-state index is -0.908. The number of carbonyl (C=O) groups is 1. The van der Waals surface area contributed by atoms with Gasteiger partial charge in [0.1, 0.15) is 0 Å². The van der Waals surface area contributed by atoms with Crippen LogP contribution in [0.4, 0.5) is 8.78 Å². The highest BCUT2D eigenvalue weighted by atomic mass is 19.2. The molecule has 0 aliphatic heterocycles. The van der Waals surface area contributed by atoms with Gasteiger partial charge in [0, 0.05) is 13.1 Å². The lowest BCUT2D eigenvalue weighted by Gasteiger charge is -2.26. The number of nitrogens with zero attached hydrogens (tertiary/aromatic N) is 1. The fourth-order valence-electron chi connectivity index (χ4n) is 1.70. The summed E-state index contributed by atoms with van der Waals surface area (Å²) in [6, 6.07) is 3.05. The van der Waals surface area contributed by atoms with Gasteiger partial charge in [0.05, 0.1) is 6.04 Å². The predicted octanol–water partition coefficient (Wildman–Crippen LogP) is 2.30. The Morgan fingerprint density at radius 2 is 1.95 bits per heavy atom. The van der Waals surface area contributed by atoms with E-state index in [0.29, 0.717) is 12.1 Å². The van der Waals surface area contributed by atoms with E-state index in [-0.39, 0.29) is 18.4 Å². The van der Waals surface area contributed by atoms with E-state index in [2.05, 4.69) is 0 Å². The van der Waals surface area contributed by atoms with Crippen LogP contribution < -0.4 is 5.73 Å². The molecule has 0 aliphatic carbocycles. The second kappa shape index (κ2) is 6.61. The van der Waals surface area contributed by atoms with Crippen LogP contribution in [0.2, 0.25) is 0 Å². The van der Waals surface area contributed by atoms with Gasteiger partial charge < -0.3 is 10.6 Å². The van der Waals surface area contributed by atoms with Crippen LogP contribution in [0.3, 0.4) is 0 Å². The van der Waals surface area contributed by atoms with Crippen molar-refractivity contribution in [3.8, 4) is 0 Å². The van der Waals surface area contributed by atoms with Gasteiger partial charge in [-0.2, -0.15) is 0 Å². The van der Waals surface area contributed by atoms with Gasteiger partial charge in [0.25, 0.3) is 0 Å². The van der Waals surface area contributed by atoms with Crippen LogP contribution in [0.15, 0.2) is 18.2 Å². The summed E-state index contributed by atoms with van der Waals surface area (Å²) in [6.45, 7) is 6.26. The van der Waals surface area contributed by atoms with E-state index < -0.39 is 17.7 Å². The number of hydrogen-bond acceptors (Lipinski definition) is 2.